The van der Waals surface area contributed by atoms with Crippen molar-refractivity contribution in [3.05, 3.63) is 40.4 Å². The van der Waals surface area contributed by atoms with Gasteiger partial charge in [0.15, 0.2) is 0 Å². The number of halogens is 1. The Labute approximate surface area is 112 Å². The summed E-state index contributed by atoms with van der Waals surface area (Å²) in [5.41, 5.74) is 2.56. The molecule has 0 saturated heterocycles. The highest BCUT2D eigenvalue weighted by Gasteiger charge is 2.17. The summed E-state index contributed by atoms with van der Waals surface area (Å²) >= 11 is 5.88. The number of rotatable bonds is 2. The summed E-state index contributed by atoms with van der Waals surface area (Å²) in [7, 11) is 0. The maximum absolute atomic E-state index is 11.4. The molecule has 0 saturated carbocycles. The minimum atomic E-state index is -0.776. The third-order valence-corrected chi connectivity index (χ3v) is 3.67. The largest absolute Gasteiger partial charge is 0.478 e. The van der Waals surface area contributed by atoms with Crippen molar-refractivity contribution in [1.82, 2.24) is 0 Å². The fraction of sp³-hybridized carbons (Fsp3) is 0.400. The second-order valence-electron chi connectivity index (χ2n) is 4.68. The van der Waals surface area contributed by atoms with Crippen molar-refractivity contribution in [2.24, 2.45) is 0 Å². The van der Waals surface area contributed by atoms with E-state index in [9.17, 15) is 9.90 Å². The van der Waals surface area contributed by atoms with E-state index in [1.54, 1.807) is 0 Å². The number of benzene rings is 1. The number of allylic oxidation sites excluding steroid dienone is 1. The monoisotopic (exact) mass is 264 g/mol. The normalized spacial score (nSPS) is 21.2. The van der Waals surface area contributed by atoms with Gasteiger partial charge in [0, 0.05) is 10.6 Å². The van der Waals surface area contributed by atoms with E-state index in [-0.39, 0.29) is 0 Å². The average Bonchev–Trinajstić information content (AvgIpc) is 2.30. The molecule has 0 aromatic heterocycles. The van der Waals surface area contributed by atoms with E-state index >= 15 is 0 Å². The summed E-state index contributed by atoms with van der Waals surface area (Å²) in [6.07, 6.45) is 5.87. The SMILES string of the molecule is O=C(O)/C1=C(\c2ccc(Cl)cc2)CCCCCC1. The van der Waals surface area contributed by atoms with Gasteiger partial charge in [0.05, 0.1) is 0 Å². The van der Waals surface area contributed by atoms with Crippen LogP contribution in [-0.4, -0.2) is 11.1 Å². The minimum absolute atomic E-state index is 0.581. The molecule has 0 aliphatic heterocycles. The van der Waals surface area contributed by atoms with Crippen molar-refractivity contribution >= 4 is 23.1 Å². The molecular formula is C15H17ClO2. The van der Waals surface area contributed by atoms with Crippen LogP contribution in [0.5, 0.6) is 0 Å². The first kappa shape index (κ1) is 13.2. The molecule has 0 spiro atoms. The predicted octanol–water partition coefficient (Wildman–Crippen LogP) is 4.53. The third-order valence-electron chi connectivity index (χ3n) is 3.42. The van der Waals surface area contributed by atoms with Gasteiger partial charge < -0.3 is 5.11 Å². The molecule has 0 bridgehead atoms. The Balaban J connectivity index is 2.41. The molecule has 3 heteroatoms. The number of hydrogen-bond acceptors (Lipinski definition) is 1. The third kappa shape index (κ3) is 3.14. The van der Waals surface area contributed by atoms with Gasteiger partial charge in [0.2, 0.25) is 0 Å². The molecule has 96 valence electrons. The van der Waals surface area contributed by atoms with Gasteiger partial charge in [-0.05, 0) is 49.0 Å². The molecule has 0 atom stereocenters. The highest BCUT2D eigenvalue weighted by atomic mass is 35.5. The topological polar surface area (TPSA) is 37.3 Å². The average molecular weight is 265 g/mol. The maximum Gasteiger partial charge on any atom is 0.331 e. The van der Waals surface area contributed by atoms with E-state index in [0.717, 1.165) is 36.8 Å². The molecule has 2 nitrogen and oxygen atoms in total. The molecule has 0 amide bonds. The van der Waals surface area contributed by atoms with E-state index in [0.29, 0.717) is 17.0 Å². The van der Waals surface area contributed by atoms with Gasteiger partial charge >= 0.3 is 5.97 Å². The standard InChI is InChI=1S/C15H17ClO2/c16-12-9-7-11(8-10-12)13-5-3-1-2-4-6-14(13)15(17)18/h7-10H,1-6H2,(H,17,18)/b14-13-. The lowest BCUT2D eigenvalue weighted by molar-refractivity contribution is -0.132. The zero-order valence-corrected chi connectivity index (χ0v) is 11.0. The molecular weight excluding hydrogens is 248 g/mol. The van der Waals surface area contributed by atoms with Crippen LogP contribution in [0.4, 0.5) is 0 Å². The van der Waals surface area contributed by atoms with Gasteiger partial charge in [-0.15, -0.1) is 0 Å². The fourth-order valence-corrected chi connectivity index (χ4v) is 2.59. The Morgan fingerprint density at radius 1 is 1.00 bits per heavy atom. The lowest BCUT2D eigenvalue weighted by Crippen LogP contribution is -2.06. The van der Waals surface area contributed by atoms with Gasteiger partial charge in [-0.1, -0.05) is 36.6 Å². The van der Waals surface area contributed by atoms with Crippen LogP contribution in [0.2, 0.25) is 5.02 Å². The number of hydrogen-bond donors (Lipinski definition) is 1. The van der Waals surface area contributed by atoms with Crippen molar-refractivity contribution in [1.29, 1.82) is 0 Å². The molecule has 0 radical (unpaired) electrons. The van der Waals surface area contributed by atoms with Crippen molar-refractivity contribution in [3.8, 4) is 0 Å². The van der Waals surface area contributed by atoms with E-state index in [4.69, 9.17) is 11.6 Å². The summed E-state index contributed by atoms with van der Waals surface area (Å²) in [6, 6.07) is 7.48. The summed E-state index contributed by atoms with van der Waals surface area (Å²) < 4.78 is 0. The fourth-order valence-electron chi connectivity index (χ4n) is 2.46. The zero-order valence-electron chi connectivity index (χ0n) is 10.3. The summed E-state index contributed by atoms with van der Waals surface area (Å²) in [5.74, 6) is -0.776. The van der Waals surface area contributed by atoms with Crippen molar-refractivity contribution in [2.45, 2.75) is 38.5 Å². The molecule has 1 aromatic carbocycles. The van der Waals surface area contributed by atoms with Crippen LogP contribution in [0.1, 0.15) is 44.1 Å². The maximum atomic E-state index is 11.4. The Bertz CT molecular complexity index is 460. The lowest BCUT2D eigenvalue weighted by atomic mass is 9.89. The van der Waals surface area contributed by atoms with E-state index in [1.807, 2.05) is 24.3 Å². The number of carboxylic acids is 1. The van der Waals surface area contributed by atoms with Crippen LogP contribution in [0, 0.1) is 0 Å². The van der Waals surface area contributed by atoms with E-state index in [1.165, 1.54) is 6.42 Å². The number of aliphatic carboxylic acids is 1. The highest BCUT2D eigenvalue weighted by molar-refractivity contribution is 6.30. The van der Waals surface area contributed by atoms with Crippen molar-refractivity contribution < 1.29 is 9.90 Å². The second kappa shape index (κ2) is 6.05. The van der Waals surface area contributed by atoms with E-state index < -0.39 is 5.97 Å². The molecule has 0 unspecified atom stereocenters. The number of carbonyl (C=O) groups is 1. The first-order chi connectivity index (χ1) is 8.68. The summed E-state index contributed by atoms with van der Waals surface area (Å²) in [6.45, 7) is 0. The minimum Gasteiger partial charge on any atom is -0.478 e. The first-order valence-corrected chi connectivity index (χ1v) is 6.77. The zero-order chi connectivity index (χ0) is 13.0. The molecule has 1 aliphatic rings. The second-order valence-corrected chi connectivity index (χ2v) is 5.12. The van der Waals surface area contributed by atoms with Gasteiger partial charge in [-0.3, -0.25) is 0 Å². The molecule has 1 N–H and O–H groups in total. The quantitative estimate of drug-likeness (QED) is 0.852. The predicted molar refractivity (Wildman–Crippen MR) is 73.7 cm³/mol. The highest BCUT2D eigenvalue weighted by Crippen LogP contribution is 2.31. The Hall–Kier alpha value is -1.28. The molecule has 0 fully saturated rings. The van der Waals surface area contributed by atoms with Crippen LogP contribution in [0.3, 0.4) is 0 Å². The molecule has 1 aromatic rings. The molecule has 1 aliphatic carbocycles. The first-order valence-electron chi connectivity index (χ1n) is 6.40. The Kier molecular flexibility index (Phi) is 4.43. The van der Waals surface area contributed by atoms with Crippen LogP contribution in [-0.2, 0) is 4.79 Å². The van der Waals surface area contributed by atoms with Gasteiger partial charge in [-0.25, -0.2) is 4.79 Å². The molecule has 18 heavy (non-hydrogen) atoms. The number of carboxylic acid groups (broad SMARTS) is 1. The van der Waals surface area contributed by atoms with Crippen LogP contribution >= 0.6 is 11.6 Å². The van der Waals surface area contributed by atoms with Crippen molar-refractivity contribution in [2.75, 3.05) is 0 Å². The van der Waals surface area contributed by atoms with Crippen LogP contribution in [0.15, 0.2) is 29.8 Å². The Morgan fingerprint density at radius 2 is 1.61 bits per heavy atom. The van der Waals surface area contributed by atoms with Crippen molar-refractivity contribution in [3.63, 3.8) is 0 Å². The summed E-state index contributed by atoms with van der Waals surface area (Å²) in [4.78, 5) is 11.4. The van der Waals surface area contributed by atoms with E-state index in [2.05, 4.69) is 0 Å². The van der Waals surface area contributed by atoms with Crippen LogP contribution < -0.4 is 0 Å². The lowest BCUT2D eigenvalue weighted by Gasteiger charge is -2.16. The molecule has 0 heterocycles. The van der Waals surface area contributed by atoms with Gasteiger partial charge in [-0.2, -0.15) is 0 Å². The van der Waals surface area contributed by atoms with Gasteiger partial charge in [0.1, 0.15) is 0 Å². The molecule has 2 rings (SSSR count). The van der Waals surface area contributed by atoms with Crippen LogP contribution in [0.25, 0.3) is 5.57 Å². The smallest absolute Gasteiger partial charge is 0.331 e. The summed E-state index contributed by atoms with van der Waals surface area (Å²) in [5, 5.41) is 10.0. The Morgan fingerprint density at radius 3 is 2.22 bits per heavy atom. The van der Waals surface area contributed by atoms with Gasteiger partial charge in [0.25, 0.3) is 0 Å².